The molecule has 0 radical (unpaired) electrons. The Morgan fingerprint density at radius 3 is 2.44 bits per heavy atom. The van der Waals surface area contributed by atoms with Crippen LogP contribution in [0.1, 0.15) is 42.9 Å². The van der Waals surface area contributed by atoms with Crippen molar-refractivity contribution in [3.63, 3.8) is 0 Å². The predicted molar refractivity (Wildman–Crippen MR) is 75.0 cm³/mol. The van der Waals surface area contributed by atoms with Gasteiger partial charge in [0.1, 0.15) is 5.75 Å². The molecule has 1 aliphatic carbocycles. The van der Waals surface area contributed by atoms with Crippen LogP contribution in [-0.2, 0) is 0 Å². The molecule has 0 spiro atoms. The molecule has 0 heterocycles. The van der Waals surface area contributed by atoms with Crippen molar-refractivity contribution in [2.24, 2.45) is 11.7 Å². The summed E-state index contributed by atoms with van der Waals surface area (Å²) in [4.78, 5) is 0. The molecule has 0 bridgehead atoms. The van der Waals surface area contributed by atoms with Crippen LogP contribution in [0.3, 0.4) is 0 Å². The quantitative estimate of drug-likeness (QED) is 0.792. The Bertz CT molecular complexity index is 391. The summed E-state index contributed by atoms with van der Waals surface area (Å²) in [6.07, 6.45) is 3.89. The fraction of sp³-hybridized carbons (Fsp3) is 0.571. The Balaban J connectivity index is 0.00000162. The molecule has 2 rings (SSSR count). The van der Waals surface area contributed by atoms with Gasteiger partial charge in [0.2, 0.25) is 0 Å². The first-order valence-corrected chi connectivity index (χ1v) is 6.33. The van der Waals surface area contributed by atoms with Gasteiger partial charge in [-0.2, -0.15) is 0 Å². The first-order valence-electron chi connectivity index (χ1n) is 6.33. The van der Waals surface area contributed by atoms with Gasteiger partial charge in [-0.05, 0) is 37.3 Å². The third kappa shape index (κ3) is 3.16. The minimum absolute atomic E-state index is 0. The average Bonchev–Trinajstić information content (AvgIpc) is 2.80. The second kappa shape index (κ2) is 6.41. The van der Waals surface area contributed by atoms with Crippen molar-refractivity contribution in [2.75, 3.05) is 0 Å². The van der Waals surface area contributed by atoms with Gasteiger partial charge < -0.3 is 15.9 Å². The number of phenolic OH excluding ortho intramolecular Hbond substituents is 1. The Morgan fingerprint density at radius 1 is 1.28 bits per heavy atom. The second-order valence-electron chi connectivity index (χ2n) is 5.12. The third-order valence-corrected chi connectivity index (χ3v) is 3.80. The maximum atomic E-state index is 10.2. The Kier molecular flexibility index (Phi) is 5.45. The van der Waals surface area contributed by atoms with E-state index >= 15 is 0 Å². The molecular weight excluding hydrogens is 250 g/mol. The number of aryl methyl sites for hydroxylation is 1. The van der Waals surface area contributed by atoms with E-state index in [2.05, 4.69) is 0 Å². The standard InChI is InChI=1S/C14H21NO2.ClH/c1-9-6-7-11(12(16)8-9)13(15)14(17)10-4-2-3-5-10;/h6-8,10,13-14,16-17H,2-5,15H2,1H3;1H/t13-,14+;/m0./s1. The van der Waals surface area contributed by atoms with Crippen LogP contribution in [0.25, 0.3) is 0 Å². The molecule has 1 aromatic carbocycles. The van der Waals surface area contributed by atoms with Crippen molar-refractivity contribution >= 4 is 12.4 Å². The van der Waals surface area contributed by atoms with Gasteiger partial charge in [-0.25, -0.2) is 0 Å². The van der Waals surface area contributed by atoms with Gasteiger partial charge in [0.15, 0.2) is 0 Å². The van der Waals surface area contributed by atoms with Crippen LogP contribution in [0.4, 0.5) is 0 Å². The third-order valence-electron chi connectivity index (χ3n) is 3.80. The normalized spacial score (nSPS) is 19.3. The molecule has 1 fully saturated rings. The lowest BCUT2D eigenvalue weighted by atomic mass is 9.90. The summed E-state index contributed by atoms with van der Waals surface area (Å²) in [5, 5.41) is 20.1. The molecule has 0 aliphatic heterocycles. The minimum Gasteiger partial charge on any atom is -0.508 e. The highest BCUT2D eigenvalue weighted by Gasteiger charge is 2.29. The molecule has 1 aromatic rings. The smallest absolute Gasteiger partial charge is 0.120 e. The van der Waals surface area contributed by atoms with Crippen LogP contribution in [0.2, 0.25) is 0 Å². The van der Waals surface area contributed by atoms with Gasteiger partial charge in [0.05, 0.1) is 12.1 Å². The minimum atomic E-state index is -0.550. The highest BCUT2D eigenvalue weighted by molar-refractivity contribution is 5.85. The zero-order valence-electron chi connectivity index (χ0n) is 10.7. The lowest BCUT2D eigenvalue weighted by Crippen LogP contribution is -2.31. The largest absolute Gasteiger partial charge is 0.508 e. The van der Waals surface area contributed by atoms with Crippen molar-refractivity contribution in [2.45, 2.75) is 44.8 Å². The summed E-state index contributed by atoms with van der Waals surface area (Å²) >= 11 is 0. The fourth-order valence-corrected chi connectivity index (χ4v) is 2.71. The Labute approximate surface area is 114 Å². The van der Waals surface area contributed by atoms with Crippen LogP contribution < -0.4 is 5.73 Å². The fourth-order valence-electron chi connectivity index (χ4n) is 2.71. The van der Waals surface area contributed by atoms with E-state index in [1.807, 2.05) is 19.1 Å². The zero-order chi connectivity index (χ0) is 12.4. The summed E-state index contributed by atoms with van der Waals surface area (Å²) in [6, 6.07) is 4.93. The van der Waals surface area contributed by atoms with Gasteiger partial charge in [-0.3, -0.25) is 0 Å². The van der Waals surface area contributed by atoms with Crippen LogP contribution in [0.15, 0.2) is 18.2 Å². The molecule has 4 N–H and O–H groups in total. The predicted octanol–water partition coefficient (Wildman–Crippen LogP) is 2.67. The number of aliphatic hydroxyl groups is 1. The molecule has 0 aromatic heterocycles. The van der Waals surface area contributed by atoms with Crippen LogP contribution in [0.5, 0.6) is 5.75 Å². The second-order valence-corrected chi connectivity index (χ2v) is 5.12. The first kappa shape index (κ1) is 15.3. The van der Waals surface area contributed by atoms with E-state index < -0.39 is 12.1 Å². The first-order chi connectivity index (χ1) is 8.09. The highest BCUT2D eigenvalue weighted by Crippen LogP contribution is 2.34. The van der Waals surface area contributed by atoms with Crippen molar-refractivity contribution in [1.29, 1.82) is 0 Å². The van der Waals surface area contributed by atoms with Crippen molar-refractivity contribution < 1.29 is 10.2 Å². The molecule has 1 saturated carbocycles. The van der Waals surface area contributed by atoms with Crippen LogP contribution >= 0.6 is 12.4 Å². The number of phenols is 1. The number of hydrogen-bond donors (Lipinski definition) is 3. The molecule has 102 valence electrons. The number of rotatable bonds is 3. The highest BCUT2D eigenvalue weighted by atomic mass is 35.5. The number of nitrogens with two attached hydrogens (primary N) is 1. The van der Waals surface area contributed by atoms with Gasteiger partial charge >= 0.3 is 0 Å². The maximum absolute atomic E-state index is 10.2. The van der Waals surface area contributed by atoms with Crippen LogP contribution in [0, 0.1) is 12.8 Å². The van der Waals surface area contributed by atoms with E-state index in [4.69, 9.17) is 5.73 Å². The molecule has 0 saturated heterocycles. The zero-order valence-corrected chi connectivity index (χ0v) is 11.5. The molecule has 3 nitrogen and oxygen atoms in total. The van der Waals surface area contributed by atoms with E-state index in [1.54, 1.807) is 6.07 Å². The van der Waals surface area contributed by atoms with E-state index in [0.29, 0.717) is 5.56 Å². The molecule has 0 unspecified atom stereocenters. The molecule has 18 heavy (non-hydrogen) atoms. The van der Waals surface area contributed by atoms with E-state index in [-0.39, 0.29) is 24.1 Å². The number of halogens is 1. The van der Waals surface area contributed by atoms with Crippen molar-refractivity contribution in [3.8, 4) is 5.75 Å². The average molecular weight is 272 g/mol. The monoisotopic (exact) mass is 271 g/mol. The van der Waals surface area contributed by atoms with Crippen molar-refractivity contribution in [3.05, 3.63) is 29.3 Å². The molecule has 0 amide bonds. The van der Waals surface area contributed by atoms with Gasteiger partial charge in [-0.15, -0.1) is 12.4 Å². The number of aromatic hydroxyl groups is 1. The van der Waals surface area contributed by atoms with Crippen LogP contribution in [-0.4, -0.2) is 16.3 Å². The topological polar surface area (TPSA) is 66.5 Å². The SMILES string of the molecule is Cc1ccc([C@H](N)[C@H](O)C2CCCC2)c(O)c1.Cl. The molecular formula is C14H22ClNO2. The summed E-state index contributed by atoms with van der Waals surface area (Å²) in [5.41, 5.74) is 7.70. The van der Waals surface area contributed by atoms with Gasteiger partial charge in [0.25, 0.3) is 0 Å². The Hall–Kier alpha value is -0.770. The molecule has 4 heteroatoms. The summed E-state index contributed by atoms with van der Waals surface area (Å²) in [7, 11) is 0. The maximum Gasteiger partial charge on any atom is 0.120 e. The Morgan fingerprint density at radius 2 is 1.89 bits per heavy atom. The lowest BCUT2D eigenvalue weighted by Gasteiger charge is -2.25. The van der Waals surface area contributed by atoms with Gasteiger partial charge in [0, 0.05) is 5.56 Å². The number of aliphatic hydroxyl groups excluding tert-OH is 1. The van der Waals surface area contributed by atoms with E-state index in [1.165, 1.54) is 12.8 Å². The summed E-state index contributed by atoms with van der Waals surface area (Å²) in [6.45, 7) is 1.92. The van der Waals surface area contributed by atoms with Crippen molar-refractivity contribution in [1.82, 2.24) is 0 Å². The molecule has 1 aliphatic rings. The number of benzene rings is 1. The van der Waals surface area contributed by atoms with Gasteiger partial charge in [-0.1, -0.05) is 25.0 Å². The van der Waals surface area contributed by atoms with E-state index in [9.17, 15) is 10.2 Å². The summed E-state index contributed by atoms with van der Waals surface area (Å²) in [5.74, 6) is 0.472. The lowest BCUT2D eigenvalue weighted by molar-refractivity contribution is 0.0836. The molecule has 2 atom stereocenters. The summed E-state index contributed by atoms with van der Waals surface area (Å²) < 4.78 is 0. The number of hydrogen-bond acceptors (Lipinski definition) is 3. The van der Waals surface area contributed by atoms with E-state index in [0.717, 1.165) is 18.4 Å².